The van der Waals surface area contributed by atoms with Crippen molar-refractivity contribution < 1.29 is 0 Å². The molecule has 100 valence electrons. The van der Waals surface area contributed by atoms with Gasteiger partial charge in [0.05, 0.1) is 0 Å². The van der Waals surface area contributed by atoms with E-state index in [1.165, 1.54) is 31.2 Å². The van der Waals surface area contributed by atoms with Crippen LogP contribution in [-0.2, 0) is 0 Å². The molecule has 2 nitrogen and oxygen atoms in total. The van der Waals surface area contributed by atoms with Gasteiger partial charge in [0.2, 0.25) is 0 Å². The first-order valence-corrected chi connectivity index (χ1v) is 7.36. The highest BCUT2D eigenvalue weighted by Crippen LogP contribution is 2.38. The smallest absolute Gasteiger partial charge is 0.0372 e. The van der Waals surface area contributed by atoms with Gasteiger partial charge >= 0.3 is 0 Å². The van der Waals surface area contributed by atoms with Crippen molar-refractivity contribution in [1.82, 2.24) is 10.3 Å². The Morgan fingerprint density at radius 3 is 2.78 bits per heavy atom. The van der Waals surface area contributed by atoms with Crippen LogP contribution < -0.4 is 5.32 Å². The lowest BCUT2D eigenvalue weighted by Gasteiger charge is -2.25. The molecule has 2 rings (SSSR count). The van der Waals surface area contributed by atoms with Crippen LogP contribution in [0, 0.1) is 18.8 Å². The third-order valence-electron chi connectivity index (χ3n) is 4.11. The molecule has 18 heavy (non-hydrogen) atoms. The summed E-state index contributed by atoms with van der Waals surface area (Å²) in [5.41, 5.74) is 2.47. The van der Waals surface area contributed by atoms with Crippen LogP contribution >= 0.6 is 0 Å². The molecule has 1 heterocycles. The van der Waals surface area contributed by atoms with E-state index in [1.54, 1.807) is 0 Å². The van der Waals surface area contributed by atoms with Crippen molar-refractivity contribution in [1.29, 1.82) is 0 Å². The van der Waals surface area contributed by atoms with E-state index in [0.29, 0.717) is 6.04 Å². The first-order valence-electron chi connectivity index (χ1n) is 7.36. The van der Waals surface area contributed by atoms with Crippen molar-refractivity contribution >= 4 is 0 Å². The monoisotopic (exact) mass is 246 g/mol. The summed E-state index contributed by atoms with van der Waals surface area (Å²) in [7, 11) is 0. The number of rotatable bonds is 5. The van der Waals surface area contributed by atoms with Gasteiger partial charge in [0.1, 0.15) is 0 Å². The minimum absolute atomic E-state index is 0.503. The lowest BCUT2D eigenvalue weighted by molar-refractivity contribution is 0.358. The van der Waals surface area contributed by atoms with Crippen LogP contribution in [0.3, 0.4) is 0 Å². The molecule has 1 aromatic heterocycles. The predicted octanol–water partition coefficient (Wildman–Crippen LogP) is 3.87. The second-order valence-corrected chi connectivity index (χ2v) is 5.84. The van der Waals surface area contributed by atoms with E-state index < -0.39 is 0 Å². The fourth-order valence-electron chi connectivity index (χ4n) is 3.07. The molecule has 1 aromatic rings. The number of hydrogen-bond acceptors (Lipinski definition) is 2. The summed E-state index contributed by atoms with van der Waals surface area (Å²) in [4.78, 5) is 4.46. The molecular weight excluding hydrogens is 220 g/mol. The average Bonchev–Trinajstić information content (AvgIpc) is 2.78. The summed E-state index contributed by atoms with van der Waals surface area (Å²) >= 11 is 0. The third-order valence-corrected chi connectivity index (χ3v) is 4.11. The normalized spacial score (nSPS) is 25.3. The molecular formula is C16H26N2. The summed E-state index contributed by atoms with van der Waals surface area (Å²) in [6, 6.07) is 4.88. The first kappa shape index (κ1) is 13.5. The second kappa shape index (κ2) is 6.33. The first-order chi connectivity index (χ1) is 8.70. The van der Waals surface area contributed by atoms with Gasteiger partial charge < -0.3 is 5.32 Å². The standard InChI is InChI=1S/C16H26N2/c1-4-9-17-16(14-7-5-12(2)10-14)15-8-6-13(3)18-11-15/h6,8,11-12,14,16-17H,4-5,7,9-10H2,1-3H3. The van der Waals surface area contributed by atoms with E-state index in [2.05, 4.69) is 49.4 Å². The van der Waals surface area contributed by atoms with E-state index >= 15 is 0 Å². The van der Waals surface area contributed by atoms with Gasteiger partial charge in [-0.15, -0.1) is 0 Å². The minimum Gasteiger partial charge on any atom is -0.310 e. The Morgan fingerprint density at radius 1 is 1.39 bits per heavy atom. The molecule has 3 atom stereocenters. The van der Waals surface area contributed by atoms with Gasteiger partial charge in [-0.2, -0.15) is 0 Å². The molecule has 1 aliphatic rings. The second-order valence-electron chi connectivity index (χ2n) is 5.84. The zero-order valence-electron chi connectivity index (χ0n) is 11.9. The number of nitrogens with zero attached hydrogens (tertiary/aromatic N) is 1. The van der Waals surface area contributed by atoms with Crippen LogP contribution in [0.15, 0.2) is 18.3 Å². The van der Waals surface area contributed by atoms with Crippen molar-refractivity contribution in [3.05, 3.63) is 29.6 Å². The summed E-state index contributed by atoms with van der Waals surface area (Å²) in [6.45, 7) is 7.76. The van der Waals surface area contributed by atoms with Gasteiger partial charge in [-0.3, -0.25) is 4.98 Å². The van der Waals surface area contributed by atoms with Crippen molar-refractivity contribution in [2.24, 2.45) is 11.8 Å². The molecule has 2 heteroatoms. The van der Waals surface area contributed by atoms with Gasteiger partial charge in [0, 0.05) is 17.9 Å². The molecule has 0 aliphatic heterocycles. The number of nitrogens with one attached hydrogen (secondary N) is 1. The largest absolute Gasteiger partial charge is 0.310 e. The van der Waals surface area contributed by atoms with Crippen LogP contribution in [0.2, 0.25) is 0 Å². The highest BCUT2D eigenvalue weighted by molar-refractivity contribution is 5.18. The molecule has 1 aliphatic carbocycles. The Morgan fingerprint density at radius 2 is 2.22 bits per heavy atom. The van der Waals surface area contributed by atoms with Gasteiger partial charge in [-0.05, 0) is 56.2 Å². The van der Waals surface area contributed by atoms with Crippen LogP contribution in [0.25, 0.3) is 0 Å². The van der Waals surface area contributed by atoms with Crippen LogP contribution in [0.4, 0.5) is 0 Å². The van der Waals surface area contributed by atoms with Gasteiger partial charge in [-0.1, -0.05) is 26.3 Å². The van der Waals surface area contributed by atoms with Crippen LogP contribution in [0.1, 0.15) is 56.8 Å². The molecule has 0 bridgehead atoms. The van der Waals surface area contributed by atoms with Crippen molar-refractivity contribution in [3.8, 4) is 0 Å². The Balaban J connectivity index is 2.11. The van der Waals surface area contributed by atoms with Crippen molar-refractivity contribution in [3.63, 3.8) is 0 Å². The number of hydrogen-bond donors (Lipinski definition) is 1. The Hall–Kier alpha value is -0.890. The van der Waals surface area contributed by atoms with Gasteiger partial charge in [-0.25, -0.2) is 0 Å². The van der Waals surface area contributed by atoms with Gasteiger partial charge in [0.25, 0.3) is 0 Å². The maximum atomic E-state index is 4.46. The minimum atomic E-state index is 0.503. The molecule has 0 radical (unpaired) electrons. The lowest BCUT2D eigenvalue weighted by atomic mass is 9.91. The Labute approximate surface area is 111 Å². The van der Waals surface area contributed by atoms with E-state index in [-0.39, 0.29) is 0 Å². The molecule has 0 spiro atoms. The molecule has 0 aromatic carbocycles. The van der Waals surface area contributed by atoms with Crippen LogP contribution in [-0.4, -0.2) is 11.5 Å². The molecule has 0 amide bonds. The van der Waals surface area contributed by atoms with Crippen LogP contribution in [0.5, 0.6) is 0 Å². The quantitative estimate of drug-likeness (QED) is 0.853. The number of aryl methyl sites for hydroxylation is 1. The SMILES string of the molecule is CCCNC(c1ccc(C)nc1)C1CCC(C)C1. The maximum absolute atomic E-state index is 4.46. The average molecular weight is 246 g/mol. The number of pyridine rings is 1. The molecule has 1 fully saturated rings. The zero-order chi connectivity index (χ0) is 13.0. The van der Waals surface area contributed by atoms with Crippen molar-refractivity contribution in [2.75, 3.05) is 6.54 Å². The predicted molar refractivity (Wildman–Crippen MR) is 76.5 cm³/mol. The van der Waals surface area contributed by atoms with E-state index in [9.17, 15) is 0 Å². The molecule has 3 unspecified atom stereocenters. The topological polar surface area (TPSA) is 24.9 Å². The molecule has 0 saturated heterocycles. The highest BCUT2D eigenvalue weighted by Gasteiger charge is 2.29. The summed E-state index contributed by atoms with van der Waals surface area (Å²) in [5.74, 6) is 1.68. The summed E-state index contributed by atoms with van der Waals surface area (Å²) in [5, 5.41) is 3.73. The lowest BCUT2D eigenvalue weighted by Crippen LogP contribution is -2.28. The van der Waals surface area contributed by atoms with Gasteiger partial charge in [0.15, 0.2) is 0 Å². The molecule has 1 N–H and O–H groups in total. The summed E-state index contributed by atoms with van der Waals surface area (Å²) < 4.78 is 0. The number of aromatic nitrogens is 1. The Kier molecular flexibility index (Phi) is 4.76. The zero-order valence-corrected chi connectivity index (χ0v) is 11.9. The molecule has 1 saturated carbocycles. The van der Waals surface area contributed by atoms with E-state index in [4.69, 9.17) is 0 Å². The highest BCUT2D eigenvalue weighted by atomic mass is 14.9. The Bertz CT molecular complexity index is 358. The maximum Gasteiger partial charge on any atom is 0.0372 e. The fraction of sp³-hybridized carbons (Fsp3) is 0.688. The summed E-state index contributed by atoms with van der Waals surface area (Å²) in [6.07, 6.45) is 7.35. The van der Waals surface area contributed by atoms with E-state index in [0.717, 1.165) is 24.1 Å². The third kappa shape index (κ3) is 3.32. The van der Waals surface area contributed by atoms with E-state index in [1.807, 2.05) is 0 Å². The van der Waals surface area contributed by atoms with Crippen molar-refractivity contribution in [2.45, 2.75) is 52.5 Å². The fourth-order valence-corrected chi connectivity index (χ4v) is 3.07.